The van der Waals surface area contributed by atoms with Gasteiger partial charge >= 0.3 is 0 Å². The van der Waals surface area contributed by atoms with E-state index in [1.807, 2.05) is 0 Å². The highest BCUT2D eigenvalue weighted by Gasteiger charge is 2.52. The third kappa shape index (κ3) is 2.28. The summed E-state index contributed by atoms with van der Waals surface area (Å²) in [5.41, 5.74) is 0.236. The molecule has 3 rings (SSSR count). The number of hydrogen-bond donors (Lipinski definition) is 3. The fourth-order valence-electron chi connectivity index (χ4n) is 2.68. The number of aliphatic hydroxyl groups excluding tert-OH is 1. The highest BCUT2D eigenvalue weighted by atomic mass is 32.1. The molecule has 0 saturated carbocycles. The van der Waals surface area contributed by atoms with Crippen molar-refractivity contribution in [2.45, 2.75) is 25.5 Å². The molecule has 120 valence electrons. The van der Waals surface area contributed by atoms with E-state index >= 15 is 0 Å². The van der Waals surface area contributed by atoms with Crippen LogP contribution in [0, 0.1) is 9.54 Å². The number of ketones is 1. The molecule has 1 saturated heterocycles. The Hall–Kier alpha value is -2.10. The lowest BCUT2D eigenvalue weighted by Gasteiger charge is -2.32. The van der Waals surface area contributed by atoms with Crippen molar-refractivity contribution in [3.63, 3.8) is 0 Å². The van der Waals surface area contributed by atoms with Crippen molar-refractivity contribution in [2.24, 2.45) is 0 Å². The number of aliphatic hydroxyl groups is 1. The van der Waals surface area contributed by atoms with Crippen LogP contribution in [0.4, 0.5) is 5.69 Å². The number of H-pyrrole nitrogens is 2. The van der Waals surface area contributed by atoms with Crippen molar-refractivity contribution < 1.29 is 14.7 Å². The van der Waals surface area contributed by atoms with Gasteiger partial charge in [0.15, 0.2) is 9.54 Å². The number of carbonyl (C=O) groups is 2. The average Bonchev–Trinajstić information content (AvgIpc) is 2.91. The van der Waals surface area contributed by atoms with Crippen LogP contribution in [0.15, 0.2) is 24.3 Å². The molecule has 0 spiro atoms. The highest BCUT2D eigenvalue weighted by molar-refractivity contribution is 7.72. The Kier molecular flexibility index (Phi) is 3.58. The largest absolute Gasteiger partial charge is 0.382 e. The number of Topliss-reactive ketones (excluding diaryl/α,β-unsaturated/α-hetero) is 1. The Labute approximate surface area is 141 Å². The summed E-state index contributed by atoms with van der Waals surface area (Å²) in [6.07, 6.45) is -1.35. The number of aromatic amines is 2. The first-order valence-electron chi connectivity index (χ1n) is 6.82. The monoisotopic (exact) mass is 350 g/mol. The molecule has 1 aromatic heterocycles. The molecule has 1 unspecified atom stereocenters. The summed E-state index contributed by atoms with van der Waals surface area (Å²) >= 11 is 10.3. The molecule has 1 aliphatic heterocycles. The van der Waals surface area contributed by atoms with Crippen LogP contribution in [0.3, 0.4) is 0 Å². The zero-order chi connectivity index (χ0) is 16.9. The van der Waals surface area contributed by atoms with Crippen LogP contribution in [0.5, 0.6) is 0 Å². The van der Waals surface area contributed by atoms with Crippen LogP contribution in [-0.2, 0) is 9.59 Å². The van der Waals surface area contributed by atoms with Gasteiger partial charge < -0.3 is 5.11 Å². The van der Waals surface area contributed by atoms with Crippen LogP contribution in [0.25, 0.3) is 5.69 Å². The van der Waals surface area contributed by atoms with Gasteiger partial charge in [-0.25, -0.2) is 0 Å². The maximum atomic E-state index is 12.1. The van der Waals surface area contributed by atoms with E-state index in [1.165, 1.54) is 4.90 Å². The van der Waals surface area contributed by atoms with E-state index in [9.17, 15) is 14.7 Å². The third-order valence-electron chi connectivity index (χ3n) is 3.96. The van der Waals surface area contributed by atoms with Crippen molar-refractivity contribution in [2.75, 3.05) is 4.90 Å². The third-order valence-corrected chi connectivity index (χ3v) is 4.53. The van der Waals surface area contributed by atoms with Crippen molar-refractivity contribution in [1.82, 2.24) is 14.8 Å². The Balaban J connectivity index is 2.04. The number of carbonyl (C=O) groups excluding carboxylic acids is 2. The van der Waals surface area contributed by atoms with E-state index in [1.54, 1.807) is 42.7 Å². The molecule has 2 aromatic rings. The number of hydrogen-bond acceptors (Lipinski definition) is 5. The molecular formula is C14H14N4O3S2. The van der Waals surface area contributed by atoms with Gasteiger partial charge in [-0.2, -0.15) is 0 Å². The Morgan fingerprint density at radius 2 is 1.52 bits per heavy atom. The minimum atomic E-state index is -1.35. The lowest BCUT2D eigenvalue weighted by molar-refractivity contribution is -0.137. The van der Waals surface area contributed by atoms with E-state index in [0.29, 0.717) is 15.2 Å². The van der Waals surface area contributed by atoms with E-state index in [-0.39, 0.29) is 0 Å². The number of benzene rings is 1. The molecule has 0 radical (unpaired) electrons. The fourth-order valence-corrected chi connectivity index (χ4v) is 3.23. The van der Waals surface area contributed by atoms with E-state index < -0.39 is 23.3 Å². The fraction of sp³-hybridized carbons (Fsp3) is 0.286. The summed E-state index contributed by atoms with van der Waals surface area (Å²) in [4.78, 5) is 25.2. The number of anilines is 1. The van der Waals surface area contributed by atoms with Gasteiger partial charge in [-0.3, -0.25) is 29.3 Å². The second-order valence-corrected chi connectivity index (χ2v) is 6.55. The maximum absolute atomic E-state index is 12.1. The normalized spacial score (nSPS) is 20.3. The molecule has 3 N–H and O–H groups in total. The second kappa shape index (κ2) is 5.22. The Morgan fingerprint density at radius 3 is 1.96 bits per heavy atom. The van der Waals surface area contributed by atoms with Crippen LogP contribution in [-0.4, -0.2) is 43.2 Å². The number of amides is 1. The smallest absolute Gasteiger partial charge is 0.297 e. The predicted octanol–water partition coefficient (Wildman–Crippen LogP) is 1.65. The second-order valence-electron chi connectivity index (χ2n) is 5.77. The molecule has 0 aliphatic carbocycles. The highest BCUT2D eigenvalue weighted by Crippen LogP contribution is 2.33. The Morgan fingerprint density at radius 1 is 1.04 bits per heavy atom. The molecule has 1 fully saturated rings. The topological polar surface area (TPSA) is 94.1 Å². The van der Waals surface area contributed by atoms with Crippen molar-refractivity contribution in [3.8, 4) is 5.69 Å². The van der Waals surface area contributed by atoms with Gasteiger partial charge in [0.05, 0.1) is 11.2 Å². The summed E-state index contributed by atoms with van der Waals surface area (Å²) in [5, 5.41) is 15.4. The van der Waals surface area contributed by atoms with Crippen molar-refractivity contribution in [3.05, 3.63) is 33.8 Å². The van der Waals surface area contributed by atoms with E-state index in [0.717, 1.165) is 5.69 Å². The van der Waals surface area contributed by atoms with Gasteiger partial charge in [-0.15, -0.1) is 0 Å². The zero-order valence-electron chi connectivity index (χ0n) is 12.4. The number of nitrogens with one attached hydrogen (secondary N) is 2. The molecular weight excluding hydrogens is 336 g/mol. The summed E-state index contributed by atoms with van der Waals surface area (Å²) in [5.74, 6) is -1.51. The molecule has 9 heteroatoms. The first-order valence-corrected chi connectivity index (χ1v) is 7.63. The SMILES string of the molecule is CC1(C)C(O)C(=O)C(=O)N1c1ccc(-n2c(=S)[nH][nH]c2=S)cc1. The van der Waals surface area contributed by atoms with Crippen LogP contribution in [0.1, 0.15) is 13.8 Å². The summed E-state index contributed by atoms with van der Waals surface area (Å²) in [7, 11) is 0. The Bertz CT molecular complexity index is 880. The zero-order valence-corrected chi connectivity index (χ0v) is 14.0. The summed E-state index contributed by atoms with van der Waals surface area (Å²) in [6, 6.07) is 6.84. The average molecular weight is 350 g/mol. The van der Waals surface area contributed by atoms with Crippen LogP contribution in [0.2, 0.25) is 0 Å². The van der Waals surface area contributed by atoms with Gasteiger partial charge in [0.1, 0.15) is 6.10 Å². The number of nitrogens with zero attached hydrogens (tertiary/aromatic N) is 2. The molecule has 2 heterocycles. The van der Waals surface area contributed by atoms with Crippen LogP contribution < -0.4 is 4.90 Å². The van der Waals surface area contributed by atoms with Crippen molar-refractivity contribution >= 4 is 41.8 Å². The first-order chi connectivity index (χ1) is 10.7. The van der Waals surface area contributed by atoms with Gasteiger partial charge in [-0.05, 0) is 62.5 Å². The van der Waals surface area contributed by atoms with Crippen molar-refractivity contribution in [1.29, 1.82) is 0 Å². The molecule has 7 nitrogen and oxygen atoms in total. The van der Waals surface area contributed by atoms with Gasteiger partial charge in [0, 0.05) is 5.69 Å². The maximum Gasteiger partial charge on any atom is 0.297 e. The predicted molar refractivity (Wildman–Crippen MR) is 88.7 cm³/mol. The van der Waals surface area contributed by atoms with E-state index in [2.05, 4.69) is 10.2 Å². The summed E-state index contributed by atoms with van der Waals surface area (Å²) in [6.45, 7) is 3.29. The molecule has 1 aromatic carbocycles. The lowest BCUT2D eigenvalue weighted by atomic mass is 9.98. The molecule has 1 aliphatic rings. The first kappa shape index (κ1) is 15.8. The standard InChI is InChI=1S/C14H14N4O3S2/c1-14(2)10(20)9(19)11(21)18(14)8-5-3-7(4-6-8)17-12(22)15-16-13(17)23/h3-6,10,20H,1-2H3,(H,15,22)(H,16,23). The minimum absolute atomic E-state index is 0.422. The van der Waals surface area contributed by atoms with Crippen LogP contribution >= 0.6 is 24.4 Å². The molecule has 0 bridgehead atoms. The molecule has 1 amide bonds. The lowest BCUT2D eigenvalue weighted by Crippen LogP contribution is -2.46. The van der Waals surface area contributed by atoms with Gasteiger partial charge in [0.2, 0.25) is 0 Å². The summed E-state index contributed by atoms with van der Waals surface area (Å²) < 4.78 is 2.47. The van der Waals surface area contributed by atoms with E-state index in [4.69, 9.17) is 24.4 Å². The van der Waals surface area contributed by atoms with Gasteiger partial charge in [0.25, 0.3) is 11.7 Å². The van der Waals surface area contributed by atoms with Gasteiger partial charge in [-0.1, -0.05) is 0 Å². The number of rotatable bonds is 2. The minimum Gasteiger partial charge on any atom is -0.382 e. The quantitative estimate of drug-likeness (QED) is 0.565. The molecule has 23 heavy (non-hydrogen) atoms. The molecule has 1 atom stereocenters. The number of aromatic nitrogens is 3.